The van der Waals surface area contributed by atoms with Crippen molar-refractivity contribution in [2.75, 3.05) is 26.4 Å². The fourth-order valence-corrected chi connectivity index (χ4v) is 9.26. The molecule has 17 atom stereocenters. The summed E-state index contributed by atoms with van der Waals surface area (Å²) in [7, 11) is 0. The molecule has 3 heterocycles. The van der Waals surface area contributed by atoms with E-state index < -0.39 is 130 Å². The summed E-state index contributed by atoms with van der Waals surface area (Å²) in [5, 5.41) is 118. The summed E-state index contributed by atoms with van der Waals surface area (Å²) < 4.78 is 33.6. The minimum absolute atomic E-state index is 0.388. The lowest BCUT2D eigenvalue weighted by molar-refractivity contribution is -0.379. The molecule has 1 amide bonds. The van der Waals surface area contributed by atoms with Crippen LogP contribution in [0.5, 0.6) is 0 Å². The van der Waals surface area contributed by atoms with E-state index in [9.17, 15) is 61.0 Å². The molecule has 3 saturated heterocycles. The zero-order valence-corrected chi connectivity index (χ0v) is 43.1. The van der Waals surface area contributed by atoms with E-state index in [0.29, 0.717) is 6.42 Å². The molecule has 72 heavy (non-hydrogen) atoms. The van der Waals surface area contributed by atoms with Gasteiger partial charge in [0.15, 0.2) is 18.9 Å². The predicted octanol–water partition coefficient (Wildman–Crippen LogP) is 2.98. The van der Waals surface area contributed by atoms with E-state index in [1.54, 1.807) is 6.08 Å². The number of hydrogen-bond donors (Lipinski definition) is 12. The highest BCUT2D eigenvalue weighted by molar-refractivity contribution is 5.73. The van der Waals surface area contributed by atoms with Gasteiger partial charge in [0.1, 0.15) is 73.2 Å². The molecule has 17 unspecified atom stereocenters. The lowest BCUT2D eigenvalue weighted by Crippen LogP contribution is -2.66. The SMILES string of the molecule is CCCCCCCCCCCCCCCCCCCC/C=C/CC/C=C/CC/C=C/C(O)C(COC1OC(CO)C(OC2OC(CO)C(OC3OC(CO)C(O)C(O)C3O)C(O)C2O)C(O)C1O)NC(C)=O. The maximum atomic E-state index is 12.0. The molecule has 19 heteroatoms. The number of allylic oxidation sites excluding steroid dienone is 5. The lowest BCUT2D eigenvalue weighted by atomic mass is 9.96. The Hall–Kier alpha value is -1.99. The number of carbonyl (C=O) groups is 1. The second-order valence-electron chi connectivity index (χ2n) is 19.8. The number of nitrogens with one attached hydrogen (secondary N) is 1. The third kappa shape index (κ3) is 23.1. The molecular formula is C53H95NO18. The Morgan fingerprint density at radius 1 is 0.486 bits per heavy atom. The summed E-state index contributed by atoms with van der Waals surface area (Å²) in [6.07, 6.45) is 14.4. The summed E-state index contributed by atoms with van der Waals surface area (Å²) in [6, 6.07) is -0.995. The van der Waals surface area contributed by atoms with Gasteiger partial charge in [-0.15, -0.1) is 0 Å². The van der Waals surface area contributed by atoms with Crippen molar-refractivity contribution in [3.05, 3.63) is 36.5 Å². The first-order valence-electron chi connectivity index (χ1n) is 27.2. The molecule has 19 nitrogen and oxygen atoms in total. The minimum atomic E-state index is -1.98. The summed E-state index contributed by atoms with van der Waals surface area (Å²) >= 11 is 0. The second-order valence-corrected chi connectivity index (χ2v) is 19.8. The smallest absolute Gasteiger partial charge is 0.217 e. The van der Waals surface area contributed by atoms with Crippen LogP contribution >= 0.6 is 0 Å². The van der Waals surface area contributed by atoms with Crippen molar-refractivity contribution in [2.45, 2.75) is 266 Å². The van der Waals surface area contributed by atoms with Crippen LogP contribution < -0.4 is 5.32 Å². The molecule has 3 aliphatic rings. The first kappa shape index (κ1) is 64.3. The molecular weight excluding hydrogens is 939 g/mol. The van der Waals surface area contributed by atoms with Crippen LogP contribution in [0.25, 0.3) is 0 Å². The summed E-state index contributed by atoms with van der Waals surface area (Å²) in [6.45, 7) is 0.712. The largest absolute Gasteiger partial charge is 0.394 e. The first-order valence-corrected chi connectivity index (χ1v) is 27.2. The molecule has 3 aliphatic heterocycles. The minimum Gasteiger partial charge on any atom is -0.394 e. The molecule has 3 fully saturated rings. The van der Waals surface area contributed by atoms with Gasteiger partial charge in [0.25, 0.3) is 0 Å². The van der Waals surface area contributed by atoms with Crippen molar-refractivity contribution in [1.29, 1.82) is 0 Å². The third-order valence-electron chi connectivity index (χ3n) is 13.7. The van der Waals surface area contributed by atoms with Crippen molar-refractivity contribution in [3.63, 3.8) is 0 Å². The zero-order valence-electron chi connectivity index (χ0n) is 43.1. The Balaban J connectivity index is 1.30. The van der Waals surface area contributed by atoms with Crippen LogP contribution in [0.3, 0.4) is 0 Å². The number of ether oxygens (including phenoxy) is 6. The van der Waals surface area contributed by atoms with Crippen LogP contribution in [0.1, 0.15) is 162 Å². The van der Waals surface area contributed by atoms with Crippen molar-refractivity contribution >= 4 is 5.91 Å². The van der Waals surface area contributed by atoms with Gasteiger partial charge in [0, 0.05) is 6.92 Å². The van der Waals surface area contributed by atoms with Crippen LogP contribution in [-0.4, -0.2) is 193 Å². The number of amides is 1. The van der Waals surface area contributed by atoms with E-state index in [-0.39, 0.29) is 6.61 Å². The molecule has 0 aromatic heterocycles. The van der Waals surface area contributed by atoms with E-state index in [1.807, 2.05) is 0 Å². The Morgan fingerprint density at radius 2 is 0.861 bits per heavy atom. The van der Waals surface area contributed by atoms with Gasteiger partial charge in [-0.25, -0.2) is 0 Å². The topological polar surface area (TPSA) is 307 Å². The van der Waals surface area contributed by atoms with Gasteiger partial charge in [-0.1, -0.05) is 153 Å². The summed E-state index contributed by atoms with van der Waals surface area (Å²) in [4.78, 5) is 12.0. The Labute approximate surface area is 428 Å². The Bertz CT molecular complexity index is 1470. The molecule has 0 radical (unpaired) electrons. The van der Waals surface area contributed by atoms with Gasteiger partial charge in [-0.05, 0) is 38.5 Å². The van der Waals surface area contributed by atoms with Crippen LogP contribution in [0.2, 0.25) is 0 Å². The standard InChI is InChI=1S/C53H95NO18/c1-3-4-5-6-7-8-9-10-11-12-13-14-15-16-17-18-19-20-21-22-23-24-25-26-27-28-29-30-31-38(59)37(54-36(2)58)35-67-51-47(65)44(62)49(40(33-56)69-51)72-53-48(66)45(63)50(41(34-57)70-53)71-52-46(64)43(61)42(60)39(32-55)68-52/h22-23,26-27,30-31,37-53,55-57,59-66H,3-21,24-25,28-29,32-35H2,1-2H3,(H,54,58)/b23-22+,27-26+,31-30+. The van der Waals surface area contributed by atoms with Crippen LogP contribution in [0.4, 0.5) is 0 Å². The number of unbranched alkanes of at least 4 members (excludes halogenated alkanes) is 20. The Morgan fingerprint density at radius 3 is 1.31 bits per heavy atom. The van der Waals surface area contributed by atoms with Crippen molar-refractivity contribution in [1.82, 2.24) is 5.32 Å². The molecule has 0 bridgehead atoms. The van der Waals surface area contributed by atoms with Gasteiger partial charge in [-0.2, -0.15) is 0 Å². The maximum absolute atomic E-state index is 12.0. The maximum Gasteiger partial charge on any atom is 0.217 e. The lowest BCUT2D eigenvalue weighted by Gasteiger charge is -2.48. The molecule has 0 aromatic carbocycles. The van der Waals surface area contributed by atoms with Gasteiger partial charge < -0.3 is 89.9 Å². The molecule has 3 rings (SSSR count). The number of carbonyl (C=O) groups excluding carboxylic acids is 1. The highest BCUT2D eigenvalue weighted by atomic mass is 16.8. The highest BCUT2D eigenvalue weighted by Gasteiger charge is 2.53. The fraction of sp³-hybridized carbons (Fsp3) is 0.868. The van der Waals surface area contributed by atoms with E-state index >= 15 is 0 Å². The highest BCUT2D eigenvalue weighted by Crippen LogP contribution is 2.33. The van der Waals surface area contributed by atoms with E-state index in [2.05, 4.69) is 36.5 Å². The molecule has 0 saturated carbocycles. The van der Waals surface area contributed by atoms with Crippen molar-refractivity contribution in [3.8, 4) is 0 Å². The number of aliphatic hydroxyl groups is 11. The van der Waals surface area contributed by atoms with Crippen LogP contribution in [-0.2, 0) is 33.2 Å². The quantitative estimate of drug-likeness (QED) is 0.0313. The third-order valence-corrected chi connectivity index (χ3v) is 13.7. The normalized spacial score (nSPS) is 32.3. The van der Waals surface area contributed by atoms with Gasteiger partial charge >= 0.3 is 0 Å². The molecule has 420 valence electrons. The van der Waals surface area contributed by atoms with Gasteiger partial charge in [0.2, 0.25) is 5.91 Å². The summed E-state index contributed by atoms with van der Waals surface area (Å²) in [5.74, 6) is -0.467. The first-order chi connectivity index (χ1) is 34.8. The average Bonchev–Trinajstić information content (AvgIpc) is 3.37. The fourth-order valence-electron chi connectivity index (χ4n) is 9.26. The van der Waals surface area contributed by atoms with E-state index in [1.165, 1.54) is 129 Å². The number of rotatable bonds is 38. The number of hydrogen-bond acceptors (Lipinski definition) is 18. The van der Waals surface area contributed by atoms with Gasteiger partial charge in [-0.3, -0.25) is 4.79 Å². The second kappa shape index (κ2) is 37.7. The Kier molecular flexibility index (Phi) is 33.7. The van der Waals surface area contributed by atoms with Gasteiger partial charge in [0.05, 0.1) is 38.6 Å². The predicted molar refractivity (Wildman–Crippen MR) is 268 cm³/mol. The zero-order chi connectivity index (χ0) is 52.7. The molecule has 12 N–H and O–H groups in total. The average molecular weight is 1030 g/mol. The number of aliphatic hydroxyl groups excluding tert-OH is 11. The molecule has 0 aromatic rings. The van der Waals surface area contributed by atoms with Crippen molar-refractivity contribution in [2.24, 2.45) is 0 Å². The van der Waals surface area contributed by atoms with E-state index in [4.69, 9.17) is 28.4 Å². The van der Waals surface area contributed by atoms with Crippen LogP contribution in [0, 0.1) is 0 Å². The molecule has 0 spiro atoms. The van der Waals surface area contributed by atoms with Crippen molar-refractivity contribution < 1.29 is 89.4 Å². The molecule has 0 aliphatic carbocycles. The summed E-state index contributed by atoms with van der Waals surface area (Å²) in [5.41, 5.74) is 0. The monoisotopic (exact) mass is 1030 g/mol. The van der Waals surface area contributed by atoms with E-state index in [0.717, 1.165) is 25.7 Å². The van der Waals surface area contributed by atoms with Crippen LogP contribution in [0.15, 0.2) is 36.5 Å².